The molecule has 0 rings (SSSR count). The van der Waals surface area contributed by atoms with Gasteiger partial charge in [0, 0.05) is 51.4 Å². The van der Waals surface area contributed by atoms with Gasteiger partial charge in [-0.15, -0.1) is 0 Å². The second kappa shape index (κ2) is 10.1. The van der Waals surface area contributed by atoms with Gasteiger partial charge in [0.15, 0.2) is 0 Å². The average molecular weight is 129 g/mol. The van der Waals surface area contributed by atoms with Crippen molar-refractivity contribution in [2.45, 2.75) is 19.8 Å². The molecule has 0 aliphatic heterocycles. The van der Waals surface area contributed by atoms with E-state index in [-0.39, 0.29) is 51.4 Å². The number of thiol groups is 1. The summed E-state index contributed by atoms with van der Waals surface area (Å²) in [5.41, 5.74) is 0. The van der Waals surface area contributed by atoms with Gasteiger partial charge in [-0.25, -0.2) is 0 Å². The van der Waals surface area contributed by atoms with E-state index in [1.54, 1.807) is 0 Å². The van der Waals surface area contributed by atoms with Gasteiger partial charge in [0.2, 0.25) is 0 Å². The molecule has 0 atom stereocenters. The van der Waals surface area contributed by atoms with E-state index in [1.807, 2.05) is 0 Å². The molecule has 0 fully saturated rings. The van der Waals surface area contributed by atoms with E-state index in [9.17, 15) is 0 Å². The summed E-state index contributed by atoms with van der Waals surface area (Å²) in [7, 11) is 0. The third-order valence-electron chi connectivity index (χ3n) is 0.512. The summed E-state index contributed by atoms with van der Waals surface area (Å²) in [6, 6.07) is 0. The Bertz CT molecular complexity index is 15.0. The first-order valence-corrected chi connectivity index (χ1v) is 2.66. The summed E-state index contributed by atoms with van der Waals surface area (Å²) >= 11 is 4.00. The predicted octanol–water partition coefficient (Wildman–Crippen LogP) is 1.34. The van der Waals surface area contributed by atoms with Crippen LogP contribution in [0.15, 0.2) is 0 Å². The molecule has 0 aromatic carbocycles. The predicted molar refractivity (Wildman–Crippen MR) is 34.5 cm³/mol. The molecule has 0 saturated carbocycles. The van der Waals surface area contributed by atoms with Crippen molar-refractivity contribution < 1.29 is 0 Å². The van der Waals surface area contributed by atoms with Crippen LogP contribution < -0.4 is 0 Å². The summed E-state index contributed by atoms with van der Waals surface area (Å²) in [6.45, 7) is 2.16. The van der Waals surface area contributed by atoms with E-state index < -0.39 is 0 Å². The smallest absolute Gasteiger partial charge is 0 e. The summed E-state index contributed by atoms with van der Waals surface area (Å²) in [5, 5.41) is 0. The van der Waals surface area contributed by atoms with Crippen LogP contribution in [-0.4, -0.2) is 57.1 Å². The van der Waals surface area contributed by atoms with Crippen LogP contribution in [0.25, 0.3) is 0 Å². The third kappa shape index (κ3) is 9.37. The minimum absolute atomic E-state index is 0. The Balaban J connectivity index is 0. The van der Waals surface area contributed by atoms with E-state index >= 15 is 0 Å². The van der Waals surface area contributed by atoms with E-state index in [4.69, 9.17) is 0 Å². The van der Waals surface area contributed by atoms with Gasteiger partial charge in [-0.2, -0.15) is 12.6 Å². The van der Waals surface area contributed by atoms with Crippen molar-refractivity contribution in [3.05, 3.63) is 0 Å². The van der Waals surface area contributed by atoms with Crippen molar-refractivity contribution >= 4 is 64.0 Å². The van der Waals surface area contributed by atoms with Gasteiger partial charge in [0.1, 0.15) is 0 Å². The number of unbranched alkanes of at least 4 members (excludes halogenated alkanes) is 1. The van der Waals surface area contributed by atoms with Crippen LogP contribution in [0.3, 0.4) is 0 Å². The zero-order chi connectivity index (χ0) is 4.12. The molecule has 0 aliphatic rings. The Kier molecular flexibility index (Phi) is 18.3. The van der Waals surface area contributed by atoms with Crippen LogP contribution in [0.5, 0.6) is 0 Å². The molecule has 0 unspecified atom stereocenters. The summed E-state index contributed by atoms with van der Waals surface area (Å²) < 4.78 is 0. The van der Waals surface area contributed by atoms with Crippen molar-refractivity contribution in [1.29, 1.82) is 0 Å². The van der Waals surface area contributed by atoms with Crippen LogP contribution in [0.2, 0.25) is 0 Å². The second-order valence-electron chi connectivity index (χ2n) is 1.08. The first kappa shape index (κ1) is 10.9. The zero-order valence-electron chi connectivity index (χ0n) is 4.57. The minimum atomic E-state index is 0. The molecule has 1 radical (unpaired) electrons. The summed E-state index contributed by atoms with van der Waals surface area (Å²) in [4.78, 5) is 0. The Hall–Kier alpha value is 1.99. The molecule has 0 nitrogen and oxygen atoms in total. The normalized spacial score (nSPS) is 7.00. The SMILES string of the molecule is CCCCS.[K]. The molecule has 33 valence electrons. The van der Waals surface area contributed by atoms with Crippen LogP contribution in [0.1, 0.15) is 19.8 Å². The number of hydrogen-bond donors (Lipinski definition) is 1. The molecule has 2 heteroatoms. The van der Waals surface area contributed by atoms with Gasteiger partial charge in [-0.1, -0.05) is 13.3 Å². The standard InChI is InChI=1S/C4H10S.K/c1-2-3-4-5;/h5H,2-4H2,1H3;. The quantitative estimate of drug-likeness (QED) is 0.422. The van der Waals surface area contributed by atoms with Crippen molar-refractivity contribution in [3.63, 3.8) is 0 Å². The zero-order valence-corrected chi connectivity index (χ0v) is 8.59. The van der Waals surface area contributed by atoms with Gasteiger partial charge < -0.3 is 0 Å². The Morgan fingerprint density at radius 3 is 2.00 bits per heavy atom. The van der Waals surface area contributed by atoms with Crippen molar-refractivity contribution in [1.82, 2.24) is 0 Å². The van der Waals surface area contributed by atoms with Gasteiger partial charge in [0.25, 0.3) is 0 Å². The van der Waals surface area contributed by atoms with Gasteiger partial charge in [-0.05, 0) is 12.2 Å². The number of rotatable bonds is 2. The number of hydrogen-bond acceptors (Lipinski definition) is 1. The molecule has 6 heavy (non-hydrogen) atoms. The van der Waals surface area contributed by atoms with E-state index in [0.717, 1.165) is 5.75 Å². The van der Waals surface area contributed by atoms with Gasteiger partial charge in [0.05, 0.1) is 0 Å². The maximum Gasteiger partial charge on any atom is 0 e. The maximum atomic E-state index is 4.00. The van der Waals surface area contributed by atoms with E-state index in [1.165, 1.54) is 12.8 Å². The van der Waals surface area contributed by atoms with Crippen LogP contribution >= 0.6 is 12.6 Å². The summed E-state index contributed by atoms with van der Waals surface area (Å²) in [6.07, 6.45) is 2.52. The van der Waals surface area contributed by atoms with Crippen LogP contribution in [0.4, 0.5) is 0 Å². The molecule has 0 bridgehead atoms. The van der Waals surface area contributed by atoms with Crippen LogP contribution in [0, 0.1) is 0 Å². The van der Waals surface area contributed by atoms with Gasteiger partial charge in [-0.3, -0.25) is 0 Å². The molecule has 0 saturated heterocycles. The maximum absolute atomic E-state index is 4.00. The van der Waals surface area contributed by atoms with Gasteiger partial charge >= 0.3 is 0 Å². The van der Waals surface area contributed by atoms with Crippen molar-refractivity contribution in [2.75, 3.05) is 5.75 Å². The molecule has 0 amide bonds. The first-order chi connectivity index (χ1) is 2.41. The van der Waals surface area contributed by atoms with Crippen molar-refractivity contribution in [3.8, 4) is 0 Å². The molecule has 0 heterocycles. The molecule has 0 aromatic heterocycles. The van der Waals surface area contributed by atoms with E-state index in [0.29, 0.717) is 0 Å². The molecular formula is C4H10KS. The molecule has 0 N–H and O–H groups in total. The monoisotopic (exact) mass is 129 g/mol. The second-order valence-corrected chi connectivity index (χ2v) is 1.52. The largest absolute Gasteiger partial charge is 0.179 e. The third-order valence-corrected chi connectivity index (χ3v) is 0.828. The van der Waals surface area contributed by atoms with Crippen molar-refractivity contribution in [2.24, 2.45) is 0 Å². The fourth-order valence-electron chi connectivity index (χ4n) is 0.158. The first-order valence-electron chi connectivity index (χ1n) is 2.02. The summed E-state index contributed by atoms with van der Waals surface area (Å²) in [5.74, 6) is 1.04. The minimum Gasteiger partial charge on any atom is -0.179 e. The Morgan fingerprint density at radius 1 is 1.50 bits per heavy atom. The fourth-order valence-corrected chi connectivity index (χ4v) is 0.474. The Labute approximate surface area is 87.9 Å². The molecule has 0 spiro atoms. The van der Waals surface area contributed by atoms with Crippen LogP contribution in [-0.2, 0) is 0 Å². The fraction of sp³-hybridized carbons (Fsp3) is 1.00. The Morgan fingerprint density at radius 2 is 2.00 bits per heavy atom. The molecular weight excluding hydrogens is 119 g/mol. The molecule has 0 aliphatic carbocycles. The van der Waals surface area contributed by atoms with E-state index in [2.05, 4.69) is 19.6 Å². The topological polar surface area (TPSA) is 0 Å². The molecule has 0 aromatic rings. The average Bonchev–Trinajstić information content (AvgIpc) is 1.41.